The first kappa shape index (κ1) is 25.0. The number of hydrogen-bond donors (Lipinski definition) is 1. The van der Waals surface area contributed by atoms with Crippen molar-refractivity contribution in [1.29, 1.82) is 0 Å². The molecule has 3 aromatic rings. The molecule has 1 aliphatic heterocycles. The molecule has 2 aliphatic rings. The number of rotatable bonds is 7. The predicted octanol–water partition coefficient (Wildman–Crippen LogP) is 6.44. The van der Waals surface area contributed by atoms with Crippen LogP contribution in [0, 0.1) is 11.8 Å². The van der Waals surface area contributed by atoms with Gasteiger partial charge in [0, 0.05) is 36.6 Å². The van der Waals surface area contributed by atoms with E-state index in [4.69, 9.17) is 12.6 Å². The van der Waals surface area contributed by atoms with E-state index < -0.39 is 0 Å². The second kappa shape index (κ2) is 11.6. The Balaban J connectivity index is 1.25. The lowest BCUT2D eigenvalue weighted by molar-refractivity contribution is -0.120. The van der Waals surface area contributed by atoms with E-state index in [-0.39, 0.29) is 11.7 Å². The Bertz CT molecular complexity index is 1240. The second-order valence-electron chi connectivity index (χ2n) is 9.78. The maximum Gasteiger partial charge on any atom is 0.174 e. The summed E-state index contributed by atoms with van der Waals surface area (Å²) in [5.74, 6) is 0.494. The zero-order chi connectivity index (χ0) is 24.9. The third-order valence-corrected chi connectivity index (χ3v) is 8.77. The summed E-state index contributed by atoms with van der Waals surface area (Å²) in [7, 11) is 0. The molecule has 0 spiro atoms. The number of Topliss-reactive ketones (excluding diaryl/α,β-unsaturated/α-hetero) is 1. The van der Waals surface area contributed by atoms with Gasteiger partial charge in [0.1, 0.15) is 0 Å². The number of nitrogens with zero attached hydrogens (tertiary/aromatic N) is 3. The fourth-order valence-electron chi connectivity index (χ4n) is 5.14. The van der Waals surface area contributed by atoms with E-state index in [9.17, 15) is 4.79 Å². The first-order chi connectivity index (χ1) is 17.6. The van der Waals surface area contributed by atoms with Gasteiger partial charge >= 0.3 is 0 Å². The highest BCUT2D eigenvalue weighted by Crippen LogP contribution is 2.33. The lowest BCUT2D eigenvalue weighted by Gasteiger charge is -2.28. The van der Waals surface area contributed by atoms with Gasteiger partial charge in [-0.25, -0.2) is 0 Å². The van der Waals surface area contributed by atoms with E-state index in [0.717, 1.165) is 57.0 Å². The molecule has 2 unspecified atom stereocenters. The predicted molar refractivity (Wildman–Crippen MR) is 152 cm³/mol. The van der Waals surface area contributed by atoms with Crippen molar-refractivity contribution >= 4 is 29.7 Å². The largest absolute Gasteiger partial charge is 0.356 e. The molecule has 4 nitrogen and oxygen atoms in total. The number of carbonyl (C=O) groups excluding carboxylic acids is 1. The molecule has 5 rings (SSSR count). The summed E-state index contributed by atoms with van der Waals surface area (Å²) >= 11 is 6.61. The van der Waals surface area contributed by atoms with E-state index in [1.165, 1.54) is 15.3 Å². The van der Waals surface area contributed by atoms with Crippen LogP contribution in [0.4, 0.5) is 0 Å². The molecular weight excluding hydrogens is 482 g/mol. The molecule has 0 amide bonds. The van der Waals surface area contributed by atoms with E-state index in [2.05, 4.69) is 76.3 Å². The summed E-state index contributed by atoms with van der Waals surface area (Å²) in [6, 6.07) is 20.9. The van der Waals surface area contributed by atoms with Gasteiger partial charge in [-0.05, 0) is 61.1 Å². The van der Waals surface area contributed by atoms with Crippen molar-refractivity contribution in [2.75, 3.05) is 19.8 Å². The van der Waals surface area contributed by atoms with Crippen LogP contribution in [0.3, 0.4) is 0 Å². The molecule has 1 aromatic carbocycles. The Labute approximate surface area is 223 Å². The van der Waals surface area contributed by atoms with Gasteiger partial charge < -0.3 is 4.90 Å². The summed E-state index contributed by atoms with van der Waals surface area (Å²) < 4.78 is 0. The number of ketones is 1. The number of benzene rings is 1. The van der Waals surface area contributed by atoms with Crippen LogP contribution in [0.2, 0.25) is 0 Å². The third-order valence-electron chi connectivity index (χ3n) is 7.23. The molecule has 1 saturated heterocycles. The van der Waals surface area contributed by atoms with Gasteiger partial charge in [-0.15, -0.1) is 24.0 Å². The molecule has 0 N–H and O–H groups in total. The number of carbonyl (C=O) groups is 1. The topological polar surface area (TPSA) is 36.4 Å². The first-order valence-corrected chi connectivity index (χ1v) is 14.0. The van der Waals surface area contributed by atoms with Crippen LogP contribution in [0.5, 0.6) is 0 Å². The molecule has 1 aliphatic carbocycles. The minimum atomic E-state index is -0.00695. The van der Waals surface area contributed by atoms with E-state index in [0.29, 0.717) is 10.8 Å². The van der Waals surface area contributed by atoms with Crippen LogP contribution in [0.15, 0.2) is 89.6 Å². The molecule has 3 heterocycles. The summed E-state index contributed by atoms with van der Waals surface area (Å²) in [4.78, 5) is 26.0. The Morgan fingerprint density at radius 1 is 1.06 bits per heavy atom. The molecule has 0 bridgehead atoms. The average Bonchev–Trinajstić information content (AvgIpc) is 3.57. The molecule has 6 heteroatoms. The maximum absolute atomic E-state index is 13.6. The standard InChI is InChI=1S/C30H33N3OS2/c1-22-8-7-12-27(30(35)29(34)25(22)15-13-23-9-3-2-4-10-23)33-19-18-32(21-33)20-24-14-16-28(36-24)26-11-5-6-17-31-26/h2-7,9-12,14,16-17,22,25,35H,8,13,15,18-21H2,1H3/b12-7+,30-27-. The second-order valence-corrected chi connectivity index (χ2v) is 11.4. The van der Waals surface area contributed by atoms with Crippen LogP contribution in [0.1, 0.15) is 30.2 Å². The van der Waals surface area contributed by atoms with Gasteiger partial charge in [0.25, 0.3) is 0 Å². The third kappa shape index (κ3) is 5.83. The van der Waals surface area contributed by atoms with E-state index in [1.807, 2.05) is 24.4 Å². The van der Waals surface area contributed by atoms with Crippen molar-refractivity contribution in [2.45, 2.75) is 32.7 Å². The summed E-state index contributed by atoms with van der Waals surface area (Å²) in [5, 5.41) is 0. The van der Waals surface area contributed by atoms with Crippen molar-refractivity contribution in [2.24, 2.45) is 11.8 Å². The zero-order valence-electron chi connectivity index (χ0n) is 20.7. The molecule has 1 fully saturated rings. The first-order valence-electron chi connectivity index (χ1n) is 12.7. The van der Waals surface area contributed by atoms with Crippen molar-refractivity contribution in [3.8, 4) is 10.6 Å². The maximum atomic E-state index is 13.6. The molecule has 186 valence electrons. The smallest absolute Gasteiger partial charge is 0.174 e. The molecule has 0 saturated carbocycles. The van der Waals surface area contributed by atoms with Crippen molar-refractivity contribution in [1.82, 2.24) is 14.8 Å². The lowest BCUT2D eigenvalue weighted by Crippen LogP contribution is -2.29. The van der Waals surface area contributed by atoms with E-state index in [1.54, 1.807) is 11.3 Å². The fraction of sp³-hybridized carbons (Fsp3) is 0.333. The fourth-order valence-corrected chi connectivity index (χ4v) is 6.54. The number of aryl methyl sites for hydroxylation is 1. The number of allylic oxidation sites excluding steroid dienone is 3. The summed E-state index contributed by atoms with van der Waals surface area (Å²) in [5.41, 5.74) is 3.29. The highest BCUT2D eigenvalue weighted by molar-refractivity contribution is 7.85. The SMILES string of the molecule is CC1C/C=C/C(N2CCN(Cc3ccc(-c4ccccn4)s3)C2)=C(/S)C(=O)C1CCc1ccccc1. The van der Waals surface area contributed by atoms with Crippen LogP contribution < -0.4 is 0 Å². The molecule has 2 aromatic heterocycles. The van der Waals surface area contributed by atoms with Crippen LogP contribution >= 0.6 is 24.0 Å². The Morgan fingerprint density at radius 3 is 2.69 bits per heavy atom. The molecule has 0 radical (unpaired) electrons. The molecular formula is C30H33N3OS2. The van der Waals surface area contributed by atoms with Crippen molar-refractivity contribution in [3.63, 3.8) is 0 Å². The van der Waals surface area contributed by atoms with Gasteiger partial charge in [-0.1, -0.05) is 49.4 Å². The minimum Gasteiger partial charge on any atom is -0.356 e. The molecule has 2 atom stereocenters. The van der Waals surface area contributed by atoms with Gasteiger partial charge in [0.15, 0.2) is 5.78 Å². The van der Waals surface area contributed by atoms with Crippen LogP contribution in [-0.4, -0.2) is 40.3 Å². The number of thiophene rings is 1. The average molecular weight is 516 g/mol. The number of aromatic nitrogens is 1. The minimum absolute atomic E-state index is 0.00695. The van der Waals surface area contributed by atoms with Gasteiger partial charge in [-0.3, -0.25) is 14.7 Å². The highest BCUT2D eigenvalue weighted by Gasteiger charge is 2.31. The highest BCUT2D eigenvalue weighted by atomic mass is 32.1. The van der Waals surface area contributed by atoms with E-state index >= 15 is 0 Å². The van der Waals surface area contributed by atoms with Crippen LogP contribution in [-0.2, 0) is 17.8 Å². The summed E-state index contributed by atoms with van der Waals surface area (Å²) in [6.45, 7) is 5.77. The van der Waals surface area contributed by atoms with Crippen LogP contribution in [0.25, 0.3) is 10.6 Å². The monoisotopic (exact) mass is 515 g/mol. The number of pyridine rings is 1. The number of hydrogen-bond acceptors (Lipinski definition) is 6. The Hall–Kier alpha value is -2.67. The Morgan fingerprint density at radius 2 is 1.89 bits per heavy atom. The van der Waals surface area contributed by atoms with Crippen molar-refractivity contribution in [3.05, 3.63) is 100 Å². The zero-order valence-corrected chi connectivity index (χ0v) is 22.4. The normalized spacial score (nSPS) is 24.1. The van der Waals surface area contributed by atoms with Gasteiger partial charge in [0.05, 0.1) is 27.8 Å². The number of thiol groups is 1. The molecule has 36 heavy (non-hydrogen) atoms. The quantitative estimate of drug-likeness (QED) is 0.367. The van der Waals surface area contributed by atoms with Gasteiger partial charge in [-0.2, -0.15) is 0 Å². The summed E-state index contributed by atoms with van der Waals surface area (Å²) in [6.07, 6.45) is 8.89. The Kier molecular flexibility index (Phi) is 8.05. The van der Waals surface area contributed by atoms with Crippen molar-refractivity contribution < 1.29 is 4.79 Å². The lowest BCUT2D eigenvalue weighted by atomic mass is 9.81. The van der Waals surface area contributed by atoms with Gasteiger partial charge in [0.2, 0.25) is 0 Å².